The van der Waals surface area contributed by atoms with Crippen LogP contribution < -0.4 is 10.2 Å². The molecule has 0 fully saturated rings. The Morgan fingerprint density at radius 3 is 2.48 bits per heavy atom. The lowest BCUT2D eigenvalue weighted by atomic mass is 10.1. The number of benzene rings is 2. The number of hydrogen-bond acceptors (Lipinski definition) is 4. The van der Waals surface area contributed by atoms with Gasteiger partial charge in [-0.2, -0.15) is 0 Å². The second-order valence-electron chi connectivity index (χ2n) is 4.70. The first kappa shape index (κ1) is 14.8. The van der Waals surface area contributed by atoms with Crippen LogP contribution in [-0.4, -0.2) is 18.5 Å². The van der Waals surface area contributed by atoms with Crippen LogP contribution in [0.2, 0.25) is 0 Å². The summed E-state index contributed by atoms with van der Waals surface area (Å²) in [6.45, 7) is 3.53. The Balaban J connectivity index is 2.32. The van der Waals surface area contributed by atoms with Crippen molar-refractivity contribution in [3.05, 3.63) is 64.2 Å². The zero-order chi connectivity index (χ0) is 15.2. The zero-order valence-corrected chi connectivity index (χ0v) is 12.2. The molecule has 0 atom stereocenters. The molecule has 2 aromatic rings. The first-order valence-electron chi connectivity index (χ1n) is 6.90. The molecule has 0 spiro atoms. The van der Waals surface area contributed by atoms with Gasteiger partial charge in [0.15, 0.2) is 0 Å². The molecule has 0 heterocycles. The van der Waals surface area contributed by atoms with Gasteiger partial charge in [-0.1, -0.05) is 18.2 Å². The molecular weight excluding hydrogens is 266 g/mol. The molecule has 0 saturated heterocycles. The Kier molecular flexibility index (Phi) is 4.77. The predicted molar refractivity (Wildman–Crippen MR) is 85.8 cm³/mol. The topological polar surface area (TPSA) is 58.4 Å². The molecular formula is C16H19N3O2. The highest BCUT2D eigenvalue weighted by Gasteiger charge is 2.13. The normalized spacial score (nSPS) is 10.2. The van der Waals surface area contributed by atoms with E-state index in [9.17, 15) is 10.1 Å². The second kappa shape index (κ2) is 6.74. The van der Waals surface area contributed by atoms with Crippen LogP contribution in [0.1, 0.15) is 12.5 Å². The molecule has 21 heavy (non-hydrogen) atoms. The highest BCUT2D eigenvalue weighted by atomic mass is 16.6. The van der Waals surface area contributed by atoms with Gasteiger partial charge in [0.05, 0.1) is 4.92 Å². The number of hydrogen-bond donors (Lipinski definition) is 1. The summed E-state index contributed by atoms with van der Waals surface area (Å²) in [6.07, 6.45) is 0. The number of para-hydroxylation sites is 1. The second-order valence-corrected chi connectivity index (χ2v) is 4.70. The van der Waals surface area contributed by atoms with Crippen molar-refractivity contribution in [3.63, 3.8) is 0 Å². The maximum Gasteiger partial charge on any atom is 0.269 e. The van der Waals surface area contributed by atoms with Gasteiger partial charge in [-0.3, -0.25) is 10.1 Å². The minimum atomic E-state index is -0.359. The molecule has 0 aliphatic carbocycles. The Bertz CT molecular complexity index is 614. The van der Waals surface area contributed by atoms with Crippen LogP contribution in [0.5, 0.6) is 0 Å². The third-order valence-electron chi connectivity index (χ3n) is 3.43. The van der Waals surface area contributed by atoms with E-state index >= 15 is 0 Å². The van der Waals surface area contributed by atoms with E-state index < -0.39 is 0 Å². The molecule has 2 aromatic carbocycles. The molecule has 0 radical (unpaired) electrons. The SMILES string of the molecule is CCN(Cc1cc([N+](=O)[O-])ccc1NC)c1ccccc1. The number of non-ortho nitro benzene ring substituents is 1. The fraction of sp³-hybridized carbons (Fsp3) is 0.250. The molecule has 0 amide bonds. The number of nitro groups is 1. The van der Waals surface area contributed by atoms with E-state index in [1.165, 1.54) is 6.07 Å². The first-order chi connectivity index (χ1) is 10.2. The Morgan fingerprint density at radius 1 is 1.19 bits per heavy atom. The molecule has 1 N–H and O–H groups in total. The maximum absolute atomic E-state index is 10.9. The Morgan fingerprint density at radius 2 is 1.90 bits per heavy atom. The average molecular weight is 285 g/mol. The third-order valence-corrected chi connectivity index (χ3v) is 3.43. The van der Waals surface area contributed by atoms with E-state index in [1.54, 1.807) is 12.1 Å². The largest absolute Gasteiger partial charge is 0.388 e. The molecule has 110 valence electrons. The van der Waals surface area contributed by atoms with Gasteiger partial charge in [-0.15, -0.1) is 0 Å². The summed E-state index contributed by atoms with van der Waals surface area (Å²) in [4.78, 5) is 12.8. The monoisotopic (exact) mass is 285 g/mol. The van der Waals surface area contributed by atoms with Gasteiger partial charge < -0.3 is 10.2 Å². The van der Waals surface area contributed by atoms with Crippen LogP contribution in [0.4, 0.5) is 17.1 Å². The maximum atomic E-state index is 10.9. The number of nitrogens with one attached hydrogen (secondary N) is 1. The minimum Gasteiger partial charge on any atom is -0.388 e. The summed E-state index contributed by atoms with van der Waals surface area (Å²) in [5, 5.41) is 14.0. The highest BCUT2D eigenvalue weighted by molar-refractivity contribution is 5.58. The third kappa shape index (κ3) is 3.51. The van der Waals surface area contributed by atoms with Gasteiger partial charge in [0.2, 0.25) is 0 Å². The molecule has 0 unspecified atom stereocenters. The van der Waals surface area contributed by atoms with E-state index in [-0.39, 0.29) is 10.6 Å². The molecule has 0 aliphatic rings. The minimum absolute atomic E-state index is 0.119. The van der Waals surface area contributed by atoms with Crippen molar-refractivity contribution in [1.29, 1.82) is 0 Å². The van der Waals surface area contributed by atoms with Gasteiger partial charge >= 0.3 is 0 Å². The van der Waals surface area contributed by atoms with Crippen molar-refractivity contribution in [1.82, 2.24) is 0 Å². The quantitative estimate of drug-likeness (QED) is 0.650. The van der Waals surface area contributed by atoms with E-state index in [4.69, 9.17) is 0 Å². The number of rotatable bonds is 6. The van der Waals surface area contributed by atoms with Gasteiger partial charge in [-0.25, -0.2) is 0 Å². The summed E-state index contributed by atoms with van der Waals surface area (Å²) in [6, 6.07) is 15.0. The molecule has 0 bridgehead atoms. The number of nitrogens with zero attached hydrogens (tertiary/aromatic N) is 2. The fourth-order valence-electron chi connectivity index (χ4n) is 2.30. The molecule has 0 saturated carbocycles. The smallest absolute Gasteiger partial charge is 0.269 e. The predicted octanol–water partition coefficient (Wildman–Crippen LogP) is 3.66. The zero-order valence-electron chi connectivity index (χ0n) is 12.2. The van der Waals surface area contributed by atoms with Crippen LogP contribution in [0.15, 0.2) is 48.5 Å². The first-order valence-corrected chi connectivity index (χ1v) is 6.90. The average Bonchev–Trinajstić information content (AvgIpc) is 2.53. The Hall–Kier alpha value is -2.56. The van der Waals surface area contributed by atoms with Crippen molar-refractivity contribution in [3.8, 4) is 0 Å². The van der Waals surface area contributed by atoms with E-state index in [0.717, 1.165) is 23.5 Å². The summed E-state index contributed by atoms with van der Waals surface area (Å²) >= 11 is 0. The van der Waals surface area contributed by atoms with Crippen LogP contribution >= 0.6 is 0 Å². The van der Waals surface area contributed by atoms with Crippen LogP contribution in [0.3, 0.4) is 0 Å². The number of anilines is 2. The van der Waals surface area contributed by atoms with Crippen molar-refractivity contribution in [2.45, 2.75) is 13.5 Å². The molecule has 2 rings (SSSR count). The summed E-state index contributed by atoms with van der Waals surface area (Å²) in [7, 11) is 1.82. The lowest BCUT2D eigenvalue weighted by Gasteiger charge is -2.24. The van der Waals surface area contributed by atoms with Crippen molar-refractivity contribution in [2.75, 3.05) is 23.8 Å². The van der Waals surface area contributed by atoms with Gasteiger partial charge in [-0.05, 0) is 25.1 Å². The summed E-state index contributed by atoms with van der Waals surface area (Å²) < 4.78 is 0. The summed E-state index contributed by atoms with van der Waals surface area (Å²) in [5.74, 6) is 0. The van der Waals surface area contributed by atoms with E-state index in [0.29, 0.717) is 6.54 Å². The van der Waals surface area contributed by atoms with Crippen LogP contribution in [0, 0.1) is 10.1 Å². The Labute approximate surface area is 124 Å². The molecule has 5 nitrogen and oxygen atoms in total. The van der Waals surface area contributed by atoms with Crippen LogP contribution in [-0.2, 0) is 6.54 Å². The van der Waals surface area contributed by atoms with E-state index in [2.05, 4.69) is 17.1 Å². The molecule has 0 aromatic heterocycles. The summed E-state index contributed by atoms with van der Waals surface area (Å²) in [5.41, 5.74) is 3.05. The lowest BCUT2D eigenvalue weighted by Crippen LogP contribution is -2.22. The van der Waals surface area contributed by atoms with E-state index in [1.807, 2.05) is 37.4 Å². The molecule has 0 aliphatic heterocycles. The lowest BCUT2D eigenvalue weighted by molar-refractivity contribution is -0.384. The van der Waals surface area contributed by atoms with Gasteiger partial charge in [0.25, 0.3) is 5.69 Å². The van der Waals surface area contributed by atoms with Crippen molar-refractivity contribution < 1.29 is 4.92 Å². The van der Waals surface area contributed by atoms with Crippen molar-refractivity contribution in [2.24, 2.45) is 0 Å². The highest BCUT2D eigenvalue weighted by Crippen LogP contribution is 2.25. The van der Waals surface area contributed by atoms with Gasteiger partial charge in [0, 0.05) is 49.2 Å². The fourth-order valence-corrected chi connectivity index (χ4v) is 2.30. The van der Waals surface area contributed by atoms with Gasteiger partial charge in [0.1, 0.15) is 0 Å². The van der Waals surface area contributed by atoms with Crippen LogP contribution in [0.25, 0.3) is 0 Å². The molecule has 5 heteroatoms. The van der Waals surface area contributed by atoms with Crippen molar-refractivity contribution >= 4 is 17.1 Å². The number of nitro benzene ring substituents is 1. The standard InChI is InChI=1S/C16H19N3O2/c1-3-18(14-7-5-4-6-8-14)12-13-11-15(19(20)21)9-10-16(13)17-2/h4-11,17H,3,12H2,1-2H3.